The molecule has 1 aliphatic rings. The van der Waals surface area contributed by atoms with Crippen molar-refractivity contribution in [2.45, 2.75) is 86.9 Å². The number of nitrogens with zero attached hydrogens (tertiary/aromatic N) is 8. The molecular formula is C36H50FN8O6P. The zero-order valence-electron chi connectivity index (χ0n) is 31.7. The maximum atomic E-state index is 14.0. The van der Waals surface area contributed by atoms with Crippen LogP contribution in [0.5, 0.6) is 0 Å². The maximum Gasteiger partial charge on any atom is 0.476 e. The first kappa shape index (κ1) is 39.2. The van der Waals surface area contributed by atoms with Crippen molar-refractivity contribution < 1.29 is 32.1 Å². The summed E-state index contributed by atoms with van der Waals surface area (Å²) in [6.45, 7) is 20.1. The number of fused-ring (bicyclic) bond motifs is 1. The van der Waals surface area contributed by atoms with Crippen LogP contribution in [0.2, 0.25) is 0 Å². The van der Waals surface area contributed by atoms with Crippen LogP contribution >= 0.6 is 7.82 Å². The average molecular weight is 741 g/mol. The zero-order valence-corrected chi connectivity index (χ0v) is 32.6. The molecule has 0 unspecified atom stereocenters. The number of phosphoric ester groups is 1. The molecule has 0 spiro atoms. The fourth-order valence-corrected chi connectivity index (χ4v) is 7.16. The Morgan fingerprint density at radius 1 is 0.942 bits per heavy atom. The van der Waals surface area contributed by atoms with E-state index in [0.29, 0.717) is 17.2 Å². The van der Waals surface area contributed by atoms with Gasteiger partial charge in [-0.2, -0.15) is 5.10 Å². The highest BCUT2D eigenvalue weighted by atomic mass is 31.2. The molecule has 3 aromatic heterocycles. The summed E-state index contributed by atoms with van der Waals surface area (Å²) >= 11 is 0. The summed E-state index contributed by atoms with van der Waals surface area (Å²) in [7, 11) is -3.90. The summed E-state index contributed by atoms with van der Waals surface area (Å²) in [5.74, 6) is -0.476. The third-order valence-electron chi connectivity index (χ3n) is 8.54. The predicted molar refractivity (Wildman–Crippen MR) is 193 cm³/mol. The minimum absolute atomic E-state index is 0.0456. The summed E-state index contributed by atoms with van der Waals surface area (Å²) < 4.78 is 46.5. The van der Waals surface area contributed by atoms with Gasteiger partial charge in [-0.1, -0.05) is 48.5 Å². The quantitative estimate of drug-likeness (QED) is 0.147. The fourth-order valence-electron chi connectivity index (χ4n) is 5.73. The normalized spacial score (nSPS) is 15.3. The number of halogens is 1. The molecule has 14 nitrogen and oxygen atoms in total. The number of imidazole rings is 1. The summed E-state index contributed by atoms with van der Waals surface area (Å²) in [5, 5.41) is 9.08. The van der Waals surface area contributed by atoms with Gasteiger partial charge in [0, 0.05) is 30.8 Å². The molecule has 5 rings (SSSR count). The Morgan fingerprint density at radius 3 is 2.15 bits per heavy atom. The van der Waals surface area contributed by atoms with E-state index < -0.39 is 19.3 Å². The number of carbonyl (C=O) groups is 2. The fraction of sp³-hybridized carbons (Fsp3) is 0.556. The van der Waals surface area contributed by atoms with Gasteiger partial charge in [-0.25, -0.2) is 28.1 Å². The van der Waals surface area contributed by atoms with Gasteiger partial charge in [-0.15, -0.1) is 5.10 Å². The molecule has 4 heterocycles. The highest BCUT2D eigenvalue weighted by Crippen LogP contribution is 2.50. The molecule has 0 N–H and O–H groups in total. The Bertz CT molecular complexity index is 1950. The number of phosphoric acid groups is 1. The third-order valence-corrected chi connectivity index (χ3v) is 9.91. The van der Waals surface area contributed by atoms with Gasteiger partial charge in [0.2, 0.25) is 5.82 Å². The molecule has 52 heavy (non-hydrogen) atoms. The van der Waals surface area contributed by atoms with Crippen LogP contribution in [0.3, 0.4) is 0 Å². The van der Waals surface area contributed by atoms with Crippen LogP contribution < -0.4 is 0 Å². The molecule has 0 bridgehead atoms. The topological polar surface area (TPSA) is 146 Å². The first-order chi connectivity index (χ1) is 24.3. The highest BCUT2D eigenvalue weighted by molar-refractivity contribution is 7.48. The molecule has 1 saturated heterocycles. The standard InChI is InChI=1S/C36H50FN8O6P/c1-23(2)19-49-52(48,50-20-24(3)4)51-22-45-25(5)38-31(41-45)34(47)42-15-16-43(36(9,10)21-42)33(46)30-18-44-32(39-30)28(35(6,7)8)17-29(40-44)26-11-13-27(37)14-12-26/h11-14,17-18,23-24H,15-16,19-22H2,1-10H3. The van der Waals surface area contributed by atoms with E-state index in [-0.39, 0.29) is 80.1 Å². The smallest absolute Gasteiger partial charge is 0.332 e. The number of hydrogen-bond acceptors (Lipinski definition) is 10. The van der Waals surface area contributed by atoms with Crippen molar-refractivity contribution in [3.05, 3.63) is 65.3 Å². The summed E-state index contributed by atoms with van der Waals surface area (Å²) in [6, 6.07) is 8.05. The Labute approximate surface area is 304 Å². The minimum atomic E-state index is -3.90. The maximum absolute atomic E-state index is 14.0. The zero-order chi connectivity index (χ0) is 38.2. The molecule has 1 fully saturated rings. The molecule has 0 atom stereocenters. The monoisotopic (exact) mass is 740 g/mol. The van der Waals surface area contributed by atoms with Gasteiger partial charge in [0.1, 0.15) is 17.3 Å². The molecule has 282 valence electrons. The van der Waals surface area contributed by atoms with Crippen LogP contribution in [0.15, 0.2) is 36.5 Å². The number of amides is 2. The lowest BCUT2D eigenvalue weighted by Crippen LogP contribution is -2.62. The van der Waals surface area contributed by atoms with Gasteiger partial charge in [0.15, 0.2) is 12.4 Å². The van der Waals surface area contributed by atoms with Gasteiger partial charge >= 0.3 is 7.82 Å². The second-order valence-electron chi connectivity index (χ2n) is 15.7. The predicted octanol–water partition coefficient (Wildman–Crippen LogP) is 6.54. The van der Waals surface area contributed by atoms with Gasteiger partial charge < -0.3 is 9.80 Å². The van der Waals surface area contributed by atoms with Crippen LogP contribution in [0.1, 0.15) is 94.8 Å². The highest BCUT2D eigenvalue weighted by Gasteiger charge is 2.41. The molecular weight excluding hydrogens is 690 g/mol. The van der Waals surface area contributed by atoms with Crippen LogP contribution in [0, 0.1) is 24.6 Å². The largest absolute Gasteiger partial charge is 0.476 e. The summed E-state index contributed by atoms with van der Waals surface area (Å²) in [4.78, 5) is 40.2. The van der Waals surface area contributed by atoms with Crippen LogP contribution in [0.4, 0.5) is 4.39 Å². The number of aryl methyl sites for hydroxylation is 1. The van der Waals surface area contributed by atoms with Crippen LogP contribution in [0.25, 0.3) is 16.9 Å². The van der Waals surface area contributed by atoms with E-state index in [1.54, 1.807) is 39.6 Å². The van der Waals surface area contributed by atoms with Crippen molar-refractivity contribution in [2.24, 2.45) is 11.8 Å². The van der Waals surface area contributed by atoms with Gasteiger partial charge in [0.25, 0.3) is 11.8 Å². The van der Waals surface area contributed by atoms with Gasteiger partial charge in [0.05, 0.1) is 30.6 Å². The lowest BCUT2D eigenvalue weighted by atomic mass is 9.87. The molecule has 2 amide bonds. The molecule has 1 aromatic carbocycles. The van der Waals surface area contributed by atoms with Crippen molar-refractivity contribution in [2.75, 3.05) is 32.8 Å². The van der Waals surface area contributed by atoms with E-state index in [1.165, 1.54) is 16.8 Å². The Hall–Kier alpha value is -4.04. The number of benzene rings is 1. The van der Waals surface area contributed by atoms with E-state index in [1.807, 2.05) is 47.6 Å². The number of aromatic nitrogens is 6. The Morgan fingerprint density at radius 2 is 1.58 bits per heavy atom. The second-order valence-corrected chi connectivity index (χ2v) is 17.3. The first-order valence-electron chi connectivity index (χ1n) is 17.5. The number of rotatable bonds is 12. The van der Waals surface area contributed by atoms with Gasteiger partial charge in [-0.3, -0.25) is 23.2 Å². The van der Waals surface area contributed by atoms with Crippen molar-refractivity contribution in [1.29, 1.82) is 0 Å². The molecule has 0 aliphatic carbocycles. The number of hydrogen-bond donors (Lipinski definition) is 0. The van der Waals surface area contributed by atoms with E-state index in [2.05, 4.69) is 30.9 Å². The van der Waals surface area contributed by atoms with Crippen molar-refractivity contribution >= 4 is 25.3 Å². The molecule has 16 heteroatoms. The molecule has 0 saturated carbocycles. The molecule has 1 aliphatic heterocycles. The van der Waals surface area contributed by atoms with E-state index in [0.717, 1.165) is 11.1 Å². The van der Waals surface area contributed by atoms with E-state index >= 15 is 0 Å². The lowest BCUT2D eigenvalue weighted by molar-refractivity contribution is 0.0159. The first-order valence-corrected chi connectivity index (χ1v) is 19.0. The van der Waals surface area contributed by atoms with Crippen molar-refractivity contribution in [1.82, 2.24) is 39.2 Å². The average Bonchev–Trinajstić information content (AvgIpc) is 3.67. The Kier molecular flexibility index (Phi) is 11.4. The van der Waals surface area contributed by atoms with Gasteiger partial charge in [-0.05, 0) is 68.4 Å². The van der Waals surface area contributed by atoms with Crippen molar-refractivity contribution in [3.8, 4) is 11.3 Å². The summed E-state index contributed by atoms with van der Waals surface area (Å²) in [5.41, 5.74) is 1.95. The number of carbonyl (C=O) groups excluding carboxylic acids is 2. The summed E-state index contributed by atoms with van der Waals surface area (Å²) in [6.07, 6.45) is 1.62. The lowest BCUT2D eigenvalue weighted by Gasteiger charge is -2.46. The van der Waals surface area contributed by atoms with E-state index in [9.17, 15) is 18.5 Å². The third kappa shape index (κ3) is 8.94. The molecule has 0 radical (unpaired) electrons. The SMILES string of the molecule is Cc1nc(C(=O)N2CCN(C(=O)c3cn4nc(-c5ccc(F)cc5)cc(C(C)(C)C)c4n3)C(C)(C)C2)nn1COP(=O)(OCC(C)C)OCC(C)C. The number of piperazine rings is 1. The van der Waals surface area contributed by atoms with Crippen molar-refractivity contribution in [3.63, 3.8) is 0 Å². The Balaban J connectivity index is 1.30. The molecule has 4 aromatic rings. The van der Waals surface area contributed by atoms with E-state index in [4.69, 9.17) is 23.7 Å². The van der Waals surface area contributed by atoms with Crippen LogP contribution in [-0.2, 0) is 30.3 Å². The minimum Gasteiger partial charge on any atom is -0.332 e. The second kappa shape index (κ2) is 15.1. The van der Waals surface area contributed by atoms with Crippen LogP contribution in [-0.4, -0.2) is 89.4 Å².